The second-order valence-electron chi connectivity index (χ2n) is 6.73. The molecule has 3 rings (SSSR count). The number of carbonyl (C=O) groups excluding carboxylic acids is 1. The third-order valence-corrected chi connectivity index (χ3v) is 5.31. The zero-order valence-corrected chi connectivity index (χ0v) is 16.3. The van der Waals surface area contributed by atoms with Crippen LogP contribution in [0.15, 0.2) is 40.9 Å². The Kier molecular flexibility index (Phi) is 5.33. The molecular weight excluding hydrogens is 378 g/mol. The van der Waals surface area contributed by atoms with E-state index in [0.29, 0.717) is 23.0 Å². The minimum atomic E-state index is -0.158. The fourth-order valence-electron chi connectivity index (χ4n) is 3.42. The number of anilines is 3. The van der Waals surface area contributed by atoms with E-state index in [1.165, 1.54) is 19.3 Å². The van der Waals surface area contributed by atoms with E-state index >= 15 is 0 Å². The lowest BCUT2D eigenvalue weighted by Gasteiger charge is -2.36. The Morgan fingerprint density at radius 2 is 2.08 bits per heavy atom. The monoisotopic (exact) mass is 401 g/mol. The van der Waals surface area contributed by atoms with Gasteiger partial charge in [-0.15, -0.1) is 0 Å². The van der Waals surface area contributed by atoms with E-state index in [9.17, 15) is 4.79 Å². The number of carbonyl (C=O) groups is 1. The number of hydrogen-bond donors (Lipinski definition) is 2. The highest BCUT2D eigenvalue weighted by Crippen LogP contribution is 2.33. The Morgan fingerprint density at radius 1 is 1.28 bits per heavy atom. The van der Waals surface area contributed by atoms with Crippen molar-refractivity contribution in [2.75, 3.05) is 22.5 Å². The smallest absolute Gasteiger partial charge is 0.255 e. The number of piperidine rings is 1. The fourth-order valence-corrected chi connectivity index (χ4v) is 3.82. The maximum atomic E-state index is 12.6. The van der Waals surface area contributed by atoms with Crippen LogP contribution < -0.4 is 16.0 Å². The van der Waals surface area contributed by atoms with Gasteiger partial charge in [0.25, 0.3) is 5.91 Å². The second-order valence-corrected chi connectivity index (χ2v) is 7.64. The first kappa shape index (κ1) is 17.8. The van der Waals surface area contributed by atoms with Gasteiger partial charge in [-0.25, -0.2) is 0 Å². The molecule has 132 valence electrons. The van der Waals surface area contributed by atoms with Crippen molar-refractivity contribution in [1.29, 1.82) is 0 Å². The summed E-state index contributed by atoms with van der Waals surface area (Å²) in [5, 5.41) is 2.96. The van der Waals surface area contributed by atoms with Crippen molar-refractivity contribution >= 4 is 38.9 Å². The van der Waals surface area contributed by atoms with Crippen LogP contribution in [0, 0.1) is 6.92 Å². The molecule has 2 aromatic carbocycles. The Labute approximate surface area is 157 Å². The van der Waals surface area contributed by atoms with E-state index < -0.39 is 0 Å². The van der Waals surface area contributed by atoms with Crippen molar-refractivity contribution in [3.05, 3.63) is 52.0 Å². The molecule has 5 heteroatoms. The zero-order chi connectivity index (χ0) is 18.0. The first-order valence-corrected chi connectivity index (χ1v) is 9.48. The molecule has 0 bridgehead atoms. The Hall–Kier alpha value is -2.01. The molecule has 3 N–H and O–H groups in total. The van der Waals surface area contributed by atoms with Crippen LogP contribution in [0.25, 0.3) is 0 Å². The van der Waals surface area contributed by atoms with Crippen LogP contribution in [0.3, 0.4) is 0 Å². The molecule has 1 heterocycles. The number of aryl methyl sites for hydroxylation is 1. The molecule has 0 radical (unpaired) electrons. The normalized spacial score (nSPS) is 17.4. The van der Waals surface area contributed by atoms with Crippen LogP contribution in [0.5, 0.6) is 0 Å². The lowest BCUT2D eigenvalue weighted by molar-refractivity contribution is 0.102. The van der Waals surface area contributed by atoms with Crippen LogP contribution in [0.2, 0.25) is 0 Å². The average molecular weight is 402 g/mol. The number of nitrogens with zero attached hydrogens (tertiary/aromatic N) is 1. The highest BCUT2D eigenvalue weighted by molar-refractivity contribution is 9.10. The first-order chi connectivity index (χ1) is 12.0. The summed E-state index contributed by atoms with van der Waals surface area (Å²) in [7, 11) is 0. The summed E-state index contributed by atoms with van der Waals surface area (Å²) in [6, 6.07) is 11.8. The van der Waals surface area contributed by atoms with E-state index in [1.807, 2.05) is 24.3 Å². The number of nitrogens with two attached hydrogens (primary N) is 1. The van der Waals surface area contributed by atoms with Crippen molar-refractivity contribution in [3.63, 3.8) is 0 Å². The van der Waals surface area contributed by atoms with Crippen molar-refractivity contribution in [3.8, 4) is 0 Å². The molecule has 4 nitrogen and oxygen atoms in total. The minimum Gasteiger partial charge on any atom is -0.397 e. The summed E-state index contributed by atoms with van der Waals surface area (Å²) in [4.78, 5) is 15.0. The first-order valence-electron chi connectivity index (χ1n) is 8.69. The van der Waals surface area contributed by atoms with E-state index in [-0.39, 0.29) is 5.91 Å². The molecule has 1 amide bonds. The maximum Gasteiger partial charge on any atom is 0.255 e. The molecule has 0 spiro atoms. The van der Waals surface area contributed by atoms with Gasteiger partial charge in [0.05, 0.1) is 11.4 Å². The Bertz CT molecular complexity index is 791. The Balaban J connectivity index is 1.88. The molecule has 0 aliphatic carbocycles. The molecule has 0 saturated carbocycles. The van der Waals surface area contributed by atoms with Crippen LogP contribution in [0.1, 0.15) is 42.1 Å². The highest BCUT2D eigenvalue weighted by atomic mass is 79.9. The fraction of sp³-hybridized carbons (Fsp3) is 0.350. The maximum absolute atomic E-state index is 12.6. The standard InChI is InChI=1S/C20H24BrN3O/c1-13-10-17(22)18(12-19(13)24-9-4-3-6-14(24)2)23-20(25)15-7-5-8-16(21)11-15/h5,7-8,10-12,14H,3-4,6,9,22H2,1-2H3,(H,23,25)/t14-/m1/s1. The predicted octanol–water partition coefficient (Wildman–Crippen LogP) is 4.97. The molecule has 0 unspecified atom stereocenters. The largest absolute Gasteiger partial charge is 0.397 e. The molecule has 1 fully saturated rings. The van der Waals surface area contributed by atoms with Gasteiger partial charge in [-0.1, -0.05) is 22.0 Å². The van der Waals surface area contributed by atoms with E-state index in [4.69, 9.17) is 5.73 Å². The number of hydrogen-bond acceptors (Lipinski definition) is 3. The summed E-state index contributed by atoms with van der Waals surface area (Å²) in [6.07, 6.45) is 3.68. The van der Waals surface area contributed by atoms with Crippen molar-refractivity contribution in [2.24, 2.45) is 0 Å². The van der Waals surface area contributed by atoms with Crippen LogP contribution in [0.4, 0.5) is 17.1 Å². The highest BCUT2D eigenvalue weighted by Gasteiger charge is 2.21. The number of benzene rings is 2. The van der Waals surface area contributed by atoms with Gasteiger partial charge in [0.1, 0.15) is 0 Å². The SMILES string of the molecule is Cc1cc(N)c(NC(=O)c2cccc(Br)c2)cc1N1CCCC[C@H]1C. The van der Waals surface area contributed by atoms with Gasteiger partial charge >= 0.3 is 0 Å². The van der Waals surface area contributed by atoms with E-state index in [0.717, 1.165) is 22.3 Å². The third-order valence-electron chi connectivity index (χ3n) is 4.82. The van der Waals surface area contributed by atoms with Crippen LogP contribution >= 0.6 is 15.9 Å². The zero-order valence-electron chi connectivity index (χ0n) is 14.7. The quantitative estimate of drug-likeness (QED) is 0.713. The van der Waals surface area contributed by atoms with Crippen molar-refractivity contribution in [2.45, 2.75) is 39.2 Å². The lowest BCUT2D eigenvalue weighted by Crippen LogP contribution is -2.37. The molecule has 1 atom stereocenters. The van der Waals surface area contributed by atoms with Gasteiger partial charge in [-0.2, -0.15) is 0 Å². The van der Waals surface area contributed by atoms with Crippen LogP contribution in [-0.2, 0) is 0 Å². The summed E-state index contributed by atoms with van der Waals surface area (Å²) in [5.41, 5.74) is 10.3. The third kappa shape index (κ3) is 3.98. The summed E-state index contributed by atoms with van der Waals surface area (Å²) < 4.78 is 0.875. The van der Waals surface area contributed by atoms with Gasteiger partial charge < -0.3 is 16.0 Å². The molecule has 0 aromatic heterocycles. The topological polar surface area (TPSA) is 58.4 Å². The summed E-state index contributed by atoms with van der Waals surface area (Å²) in [5.74, 6) is -0.158. The molecule has 25 heavy (non-hydrogen) atoms. The molecular formula is C20H24BrN3O. The van der Waals surface area contributed by atoms with Crippen molar-refractivity contribution < 1.29 is 4.79 Å². The van der Waals surface area contributed by atoms with Crippen LogP contribution in [-0.4, -0.2) is 18.5 Å². The van der Waals surface area contributed by atoms with E-state index in [1.54, 1.807) is 12.1 Å². The summed E-state index contributed by atoms with van der Waals surface area (Å²) >= 11 is 3.40. The molecule has 1 aliphatic heterocycles. The number of nitrogen functional groups attached to an aromatic ring is 1. The van der Waals surface area contributed by atoms with Gasteiger partial charge in [0.15, 0.2) is 0 Å². The van der Waals surface area contributed by atoms with Gasteiger partial charge in [0, 0.05) is 28.3 Å². The number of halogens is 1. The molecule has 1 saturated heterocycles. The van der Waals surface area contributed by atoms with Gasteiger partial charge in [-0.3, -0.25) is 4.79 Å². The average Bonchev–Trinajstić information content (AvgIpc) is 2.58. The molecule has 1 aliphatic rings. The number of rotatable bonds is 3. The lowest BCUT2D eigenvalue weighted by atomic mass is 10.0. The minimum absolute atomic E-state index is 0.158. The predicted molar refractivity (Wildman–Crippen MR) is 108 cm³/mol. The van der Waals surface area contributed by atoms with Crippen molar-refractivity contribution in [1.82, 2.24) is 0 Å². The second kappa shape index (κ2) is 7.48. The summed E-state index contributed by atoms with van der Waals surface area (Å²) in [6.45, 7) is 5.38. The number of amides is 1. The Morgan fingerprint density at radius 3 is 2.80 bits per heavy atom. The molecule has 2 aromatic rings. The van der Waals surface area contributed by atoms with Gasteiger partial charge in [-0.05, 0) is 69.0 Å². The number of nitrogens with one attached hydrogen (secondary N) is 1. The van der Waals surface area contributed by atoms with E-state index in [2.05, 4.69) is 40.0 Å². The van der Waals surface area contributed by atoms with Gasteiger partial charge in [0.2, 0.25) is 0 Å².